The van der Waals surface area contributed by atoms with Gasteiger partial charge in [0.15, 0.2) is 5.17 Å². The van der Waals surface area contributed by atoms with Crippen LogP contribution < -0.4 is 10.6 Å². The van der Waals surface area contributed by atoms with Crippen molar-refractivity contribution in [2.75, 3.05) is 44.6 Å². The van der Waals surface area contributed by atoms with Crippen molar-refractivity contribution in [1.29, 1.82) is 0 Å². The number of anilines is 1. The number of hydrogen-bond acceptors (Lipinski definition) is 6. The van der Waals surface area contributed by atoms with Gasteiger partial charge in [0.25, 0.3) is 0 Å². The lowest BCUT2D eigenvalue weighted by atomic mass is 10.1. The maximum atomic E-state index is 12.7. The van der Waals surface area contributed by atoms with Gasteiger partial charge in [0, 0.05) is 56.9 Å². The summed E-state index contributed by atoms with van der Waals surface area (Å²) in [5.41, 5.74) is 5.02. The average Bonchev–Trinajstić information content (AvgIpc) is 3.27. The molecule has 1 fully saturated rings. The zero-order valence-electron chi connectivity index (χ0n) is 19.8. The Kier molecular flexibility index (Phi) is 8.57. The summed E-state index contributed by atoms with van der Waals surface area (Å²) in [7, 11) is 0. The molecule has 34 heavy (non-hydrogen) atoms. The predicted molar refractivity (Wildman–Crippen MR) is 145 cm³/mol. The predicted octanol–water partition coefficient (Wildman–Crippen LogP) is 4.60. The smallest absolute Gasteiger partial charge is 0.224 e. The Bertz CT molecular complexity index is 1060. The van der Waals surface area contributed by atoms with E-state index in [-0.39, 0.29) is 5.91 Å². The van der Waals surface area contributed by atoms with Crippen LogP contribution in [0.4, 0.5) is 5.69 Å². The average molecular weight is 476 g/mol. The number of hydrogen-bond donors (Lipinski definition) is 2. The van der Waals surface area contributed by atoms with Crippen molar-refractivity contribution < 1.29 is 4.79 Å². The van der Waals surface area contributed by atoms with Crippen LogP contribution in [-0.4, -0.2) is 60.1 Å². The normalized spacial score (nSPS) is 18.9. The second kappa shape index (κ2) is 12.0. The lowest BCUT2D eigenvalue weighted by molar-refractivity contribution is -0.116. The molecule has 0 atom stereocenters. The van der Waals surface area contributed by atoms with Crippen LogP contribution in [0.15, 0.2) is 82.9 Å². The number of fused-ring (bicyclic) bond motifs is 1. The molecule has 0 aromatic heterocycles. The third-order valence-corrected chi connectivity index (χ3v) is 6.95. The van der Waals surface area contributed by atoms with Gasteiger partial charge >= 0.3 is 0 Å². The van der Waals surface area contributed by atoms with E-state index in [1.54, 1.807) is 17.8 Å². The van der Waals surface area contributed by atoms with Crippen LogP contribution in [0.25, 0.3) is 5.70 Å². The van der Waals surface area contributed by atoms with Gasteiger partial charge in [-0.1, -0.05) is 60.8 Å². The van der Waals surface area contributed by atoms with Crippen LogP contribution in [0.3, 0.4) is 0 Å². The van der Waals surface area contributed by atoms with Crippen molar-refractivity contribution in [3.05, 3.63) is 83.5 Å². The Hall–Kier alpha value is -2.87. The number of carbonyl (C=O) groups excluding carboxylic acids is 1. The molecule has 3 heterocycles. The van der Waals surface area contributed by atoms with Gasteiger partial charge in [0.1, 0.15) is 0 Å². The highest BCUT2D eigenvalue weighted by atomic mass is 32.2. The van der Waals surface area contributed by atoms with Gasteiger partial charge in [-0.05, 0) is 36.5 Å². The van der Waals surface area contributed by atoms with Gasteiger partial charge in [-0.25, -0.2) is 4.99 Å². The molecule has 1 amide bonds. The number of aliphatic imine (C=N–C) groups is 1. The number of carbonyl (C=O) groups is 1. The van der Waals surface area contributed by atoms with Crippen molar-refractivity contribution in [3.63, 3.8) is 0 Å². The minimum Gasteiger partial charge on any atom is -0.325 e. The molecule has 0 bridgehead atoms. The second-order valence-corrected chi connectivity index (χ2v) is 9.25. The third kappa shape index (κ3) is 6.17. The first-order chi connectivity index (χ1) is 16.7. The molecule has 0 unspecified atom stereocenters. The number of nitrogens with zero attached hydrogens (tertiary/aromatic N) is 3. The van der Waals surface area contributed by atoms with Gasteiger partial charge in [0.2, 0.25) is 5.91 Å². The van der Waals surface area contributed by atoms with Crippen molar-refractivity contribution in [3.8, 4) is 0 Å². The molecule has 2 N–H and O–H groups in total. The Morgan fingerprint density at radius 2 is 2.09 bits per heavy atom. The fourth-order valence-electron chi connectivity index (χ4n) is 4.13. The van der Waals surface area contributed by atoms with E-state index in [1.807, 2.05) is 49.4 Å². The minimum absolute atomic E-state index is 0.0124. The Labute approximate surface area is 206 Å². The van der Waals surface area contributed by atoms with Gasteiger partial charge in [-0.3, -0.25) is 9.69 Å². The standard InChI is InChI=1S/C27H33N5OS/c1-3-5-8-21(4-2)11-12-26(33)29-24-10-7-6-9-23(24)25-13-16-32-22(20-34-27(32)30-25)19-31-17-14-28-15-18-31/h3-10,13,20,28H,2,11-12,14-19H2,1H3,(H,29,33)/b5-3-,21-8+. The highest BCUT2D eigenvalue weighted by molar-refractivity contribution is 8.16. The number of amides is 1. The summed E-state index contributed by atoms with van der Waals surface area (Å²) < 4.78 is 0. The quantitative estimate of drug-likeness (QED) is 0.511. The number of allylic oxidation sites excluding steroid dienone is 5. The number of thioether (sulfide) groups is 1. The van der Waals surface area contributed by atoms with Crippen LogP contribution in [0, 0.1) is 0 Å². The molecule has 1 aromatic rings. The number of para-hydroxylation sites is 1. The summed E-state index contributed by atoms with van der Waals surface area (Å²) in [6.45, 7) is 11.8. The zero-order valence-corrected chi connectivity index (χ0v) is 20.6. The van der Waals surface area contributed by atoms with Crippen LogP contribution in [0.2, 0.25) is 0 Å². The topological polar surface area (TPSA) is 60.0 Å². The number of nitrogens with one attached hydrogen (secondary N) is 2. The van der Waals surface area contributed by atoms with Crippen molar-refractivity contribution in [2.45, 2.75) is 19.8 Å². The first kappa shape index (κ1) is 24.3. The number of piperazine rings is 1. The zero-order chi connectivity index (χ0) is 23.8. The summed E-state index contributed by atoms with van der Waals surface area (Å²) in [6, 6.07) is 7.90. The molecule has 0 spiro atoms. The molecular formula is C27H33N5OS. The molecule has 0 saturated carbocycles. The molecule has 4 rings (SSSR count). The van der Waals surface area contributed by atoms with E-state index >= 15 is 0 Å². The molecule has 1 aromatic carbocycles. The van der Waals surface area contributed by atoms with E-state index < -0.39 is 0 Å². The van der Waals surface area contributed by atoms with E-state index in [4.69, 9.17) is 4.99 Å². The van der Waals surface area contributed by atoms with E-state index in [0.717, 1.165) is 67.0 Å². The van der Waals surface area contributed by atoms with Crippen LogP contribution >= 0.6 is 11.8 Å². The summed E-state index contributed by atoms with van der Waals surface area (Å²) in [4.78, 5) is 22.4. The number of benzene rings is 1. The highest BCUT2D eigenvalue weighted by Gasteiger charge is 2.27. The van der Waals surface area contributed by atoms with Gasteiger partial charge < -0.3 is 15.5 Å². The van der Waals surface area contributed by atoms with E-state index in [1.165, 1.54) is 5.70 Å². The highest BCUT2D eigenvalue weighted by Crippen LogP contribution is 2.35. The Morgan fingerprint density at radius 1 is 1.26 bits per heavy atom. The first-order valence-electron chi connectivity index (χ1n) is 11.9. The molecule has 0 radical (unpaired) electrons. The second-order valence-electron chi connectivity index (χ2n) is 8.41. The van der Waals surface area contributed by atoms with E-state index in [2.05, 4.69) is 38.5 Å². The molecular weight excluding hydrogens is 442 g/mol. The minimum atomic E-state index is -0.0124. The van der Waals surface area contributed by atoms with E-state index in [0.29, 0.717) is 12.8 Å². The molecule has 6 nitrogen and oxygen atoms in total. The molecule has 178 valence electrons. The van der Waals surface area contributed by atoms with Crippen LogP contribution in [-0.2, 0) is 4.79 Å². The lowest BCUT2D eigenvalue weighted by Crippen LogP contribution is -2.45. The van der Waals surface area contributed by atoms with Crippen molar-refractivity contribution in [1.82, 2.24) is 15.1 Å². The molecule has 3 aliphatic heterocycles. The molecule has 0 aliphatic carbocycles. The summed E-state index contributed by atoms with van der Waals surface area (Å²) in [5.74, 6) is -0.0124. The van der Waals surface area contributed by atoms with Crippen molar-refractivity contribution in [2.24, 2.45) is 4.99 Å². The maximum absolute atomic E-state index is 12.7. The van der Waals surface area contributed by atoms with Gasteiger partial charge in [-0.2, -0.15) is 0 Å². The third-order valence-electron chi connectivity index (χ3n) is 6.04. The molecule has 1 saturated heterocycles. The van der Waals surface area contributed by atoms with Gasteiger partial charge in [-0.15, -0.1) is 0 Å². The van der Waals surface area contributed by atoms with Crippen LogP contribution in [0.5, 0.6) is 0 Å². The first-order valence-corrected chi connectivity index (χ1v) is 12.7. The fraction of sp³-hybridized carbons (Fsp3) is 0.333. The lowest BCUT2D eigenvalue weighted by Gasteiger charge is -2.31. The number of amidine groups is 1. The SMILES string of the molecule is C=C/C(=C\C=C/C)CCC(=O)Nc1ccccc1C1=CCN2C(CN3CCNCC3)=CSC2=N1. The fourth-order valence-corrected chi connectivity index (χ4v) is 5.04. The van der Waals surface area contributed by atoms with Gasteiger partial charge in [0.05, 0.1) is 11.4 Å². The maximum Gasteiger partial charge on any atom is 0.224 e. The Morgan fingerprint density at radius 3 is 2.88 bits per heavy atom. The largest absolute Gasteiger partial charge is 0.325 e. The summed E-state index contributed by atoms with van der Waals surface area (Å²) in [5, 5.41) is 9.74. The number of rotatable bonds is 9. The van der Waals surface area contributed by atoms with Crippen molar-refractivity contribution >= 4 is 34.2 Å². The summed E-state index contributed by atoms with van der Waals surface area (Å²) in [6.07, 6.45) is 10.9. The van der Waals surface area contributed by atoms with Crippen LogP contribution in [0.1, 0.15) is 25.3 Å². The molecule has 3 aliphatic rings. The van der Waals surface area contributed by atoms with E-state index in [9.17, 15) is 4.79 Å². The monoisotopic (exact) mass is 475 g/mol. The molecule has 7 heteroatoms. The summed E-state index contributed by atoms with van der Waals surface area (Å²) >= 11 is 1.68. The Balaban J connectivity index is 1.39.